The molecule has 1 saturated carbocycles. The number of carbonyl (C=O) groups is 2. The Kier molecular flexibility index (Phi) is 5.39. The maximum absolute atomic E-state index is 12.8. The number of aromatic nitrogens is 2. The summed E-state index contributed by atoms with van der Waals surface area (Å²) in [5.74, 6) is -1.92. The van der Waals surface area contributed by atoms with Gasteiger partial charge in [0.1, 0.15) is 6.54 Å². The van der Waals surface area contributed by atoms with E-state index in [4.69, 9.17) is 4.74 Å². The fourth-order valence-corrected chi connectivity index (χ4v) is 3.03. The smallest absolute Gasteiger partial charge is 0.406 e. The lowest BCUT2D eigenvalue weighted by Gasteiger charge is -2.30. The summed E-state index contributed by atoms with van der Waals surface area (Å²) in [4.78, 5) is 37.1. The number of benzene rings is 1. The van der Waals surface area contributed by atoms with Crippen LogP contribution in [0.1, 0.15) is 30.3 Å². The number of aromatic amines is 1. The summed E-state index contributed by atoms with van der Waals surface area (Å²) in [5, 5.41) is 6.23. The molecule has 7 nitrogen and oxygen atoms in total. The summed E-state index contributed by atoms with van der Waals surface area (Å²) in [7, 11) is 0. The second-order valence-corrected chi connectivity index (χ2v) is 6.74. The molecule has 1 amide bonds. The lowest BCUT2D eigenvalue weighted by atomic mass is 10.1. The van der Waals surface area contributed by atoms with Gasteiger partial charge in [0.25, 0.3) is 11.5 Å². The molecule has 1 aromatic heterocycles. The topological polar surface area (TPSA) is 92.4 Å². The van der Waals surface area contributed by atoms with E-state index in [1.54, 1.807) is 19.1 Å². The van der Waals surface area contributed by atoms with Crippen molar-refractivity contribution in [1.29, 1.82) is 0 Å². The van der Waals surface area contributed by atoms with Gasteiger partial charge in [0, 0.05) is 11.4 Å². The number of H-pyrrole nitrogens is 1. The Morgan fingerprint density at radius 3 is 2.54 bits per heavy atom. The van der Waals surface area contributed by atoms with E-state index in [2.05, 4.69) is 10.2 Å². The van der Waals surface area contributed by atoms with Crippen LogP contribution in [-0.4, -0.2) is 52.3 Å². The van der Waals surface area contributed by atoms with E-state index < -0.39 is 42.8 Å². The third-order valence-electron chi connectivity index (χ3n) is 4.68. The van der Waals surface area contributed by atoms with Gasteiger partial charge < -0.3 is 9.64 Å². The van der Waals surface area contributed by atoms with Gasteiger partial charge in [0.15, 0.2) is 12.3 Å². The number of carbonyl (C=O) groups excluding carboxylic acids is 2. The van der Waals surface area contributed by atoms with E-state index in [0.717, 1.165) is 12.8 Å². The molecule has 1 aromatic carbocycles. The number of amides is 1. The van der Waals surface area contributed by atoms with Crippen molar-refractivity contribution in [3.8, 4) is 0 Å². The number of rotatable bonds is 6. The van der Waals surface area contributed by atoms with Crippen LogP contribution < -0.4 is 5.56 Å². The highest BCUT2D eigenvalue weighted by Crippen LogP contribution is 2.36. The average Bonchev–Trinajstić information content (AvgIpc) is 3.48. The van der Waals surface area contributed by atoms with E-state index >= 15 is 0 Å². The molecule has 0 spiro atoms. The van der Waals surface area contributed by atoms with Gasteiger partial charge in [-0.25, -0.2) is 9.89 Å². The molecule has 2 aromatic rings. The molecule has 0 aliphatic heterocycles. The molecule has 1 aliphatic rings. The van der Waals surface area contributed by atoms with Gasteiger partial charge in [0.05, 0.1) is 5.39 Å². The molecule has 1 heterocycles. The molecular formula is C18H18F3N3O4. The molecule has 150 valence electrons. The monoisotopic (exact) mass is 397 g/mol. The Labute approximate surface area is 157 Å². The molecule has 1 aliphatic carbocycles. The van der Waals surface area contributed by atoms with Crippen LogP contribution in [-0.2, 0) is 9.53 Å². The molecule has 0 radical (unpaired) electrons. The second-order valence-electron chi connectivity index (χ2n) is 6.74. The Morgan fingerprint density at radius 2 is 1.93 bits per heavy atom. The summed E-state index contributed by atoms with van der Waals surface area (Å²) < 4.78 is 43.4. The minimum atomic E-state index is -4.56. The molecule has 3 rings (SSSR count). The van der Waals surface area contributed by atoms with E-state index in [1.807, 2.05) is 0 Å². The third kappa shape index (κ3) is 4.49. The summed E-state index contributed by atoms with van der Waals surface area (Å²) >= 11 is 0. The van der Waals surface area contributed by atoms with Crippen molar-refractivity contribution in [3.63, 3.8) is 0 Å². The number of halogens is 3. The number of nitrogens with zero attached hydrogens (tertiary/aromatic N) is 2. The van der Waals surface area contributed by atoms with E-state index in [-0.39, 0.29) is 22.4 Å². The van der Waals surface area contributed by atoms with Gasteiger partial charge in [0.2, 0.25) is 0 Å². The third-order valence-corrected chi connectivity index (χ3v) is 4.68. The van der Waals surface area contributed by atoms with Gasteiger partial charge >= 0.3 is 12.1 Å². The molecule has 28 heavy (non-hydrogen) atoms. The number of fused-ring (bicyclic) bond motifs is 1. The van der Waals surface area contributed by atoms with Crippen LogP contribution in [0.25, 0.3) is 10.8 Å². The molecule has 1 atom stereocenters. The number of hydrogen-bond donors (Lipinski definition) is 1. The number of nitrogens with one attached hydrogen (secondary N) is 1. The molecular weight excluding hydrogens is 379 g/mol. The zero-order valence-corrected chi connectivity index (χ0v) is 15.0. The number of esters is 1. The van der Waals surface area contributed by atoms with Crippen LogP contribution in [0.15, 0.2) is 29.1 Å². The highest BCUT2D eigenvalue weighted by Gasteiger charge is 2.40. The Morgan fingerprint density at radius 1 is 1.29 bits per heavy atom. The first-order valence-corrected chi connectivity index (χ1v) is 8.68. The van der Waals surface area contributed by atoms with Crippen molar-refractivity contribution in [1.82, 2.24) is 15.1 Å². The number of alkyl halides is 3. The quantitative estimate of drug-likeness (QED) is 0.755. The Balaban J connectivity index is 1.73. The van der Waals surface area contributed by atoms with Crippen LogP contribution in [0.3, 0.4) is 0 Å². The molecule has 0 bridgehead atoms. The molecule has 1 N–H and O–H groups in total. The average molecular weight is 397 g/mol. The summed E-state index contributed by atoms with van der Waals surface area (Å²) in [6.45, 7) is -0.692. The highest BCUT2D eigenvalue weighted by atomic mass is 19.4. The van der Waals surface area contributed by atoms with Crippen molar-refractivity contribution in [2.75, 3.05) is 13.2 Å². The van der Waals surface area contributed by atoms with Crippen LogP contribution in [0.5, 0.6) is 0 Å². The summed E-state index contributed by atoms with van der Waals surface area (Å²) in [6.07, 6.45) is -3.04. The van der Waals surface area contributed by atoms with Crippen molar-refractivity contribution < 1.29 is 27.5 Å². The molecule has 0 saturated heterocycles. The SMILES string of the molecule is C[C@H](C1CC1)N(CC(F)(F)F)C(=O)COC(=O)c1n[nH]c(=O)c2ccccc12. The van der Waals surface area contributed by atoms with Gasteiger partial charge in [-0.2, -0.15) is 18.3 Å². The zero-order chi connectivity index (χ0) is 20.5. The van der Waals surface area contributed by atoms with Crippen LogP contribution in [0, 0.1) is 5.92 Å². The number of ether oxygens (including phenoxy) is 1. The van der Waals surface area contributed by atoms with E-state index in [1.165, 1.54) is 12.1 Å². The predicted octanol–water partition coefficient (Wildman–Crippen LogP) is 2.27. The second kappa shape index (κ2) is 7.61. The van der Waals surface area contributed by atoms with Crippen molar-refractivity contribution >= 4 is 22.6 Å². The van der Waals surface area contributed by atoms with Crippen molar-refractivity contribution in [2.45, 2.75) is 32.0 Å². The molecule has 1 fully saturated rings. The molecule has 0 unspecified atom stereocenters. The minimum Gasteiger partial charge on any atom is -0.451 e. The van der Waals surface area contributed by atoms with Crippen molar-refractivity contribution in [3.05, 3.63) is 40.3 Å². The first-order chi connectivity index (χ1) is 13.2. The maximum Gasteiger partial charge on any atom is 0.406 e. The summed E-state index contributed by atoms with van der Waals surface area (Å²) in [6, 6.07) is 5.57. The highest BCUT2D eigenvalue weighted by molar-refractivity contribution is 6.02. The van der Waals surface area contributed by atoms with Gasteiger partial charge in [-0.05, 0) is 31.7 Å². The standard InChI is InChI=1S/C18H18F3N3O4/c1-10(11-6-7-11)24(9-18(19,20)21)14(25)8-28-17(27)15-12-4-2-3-5-13(12)16(26)23-22-15/h2-5,10-11H,6-9H2,1H3,(H,23,26)/t10-/m1/s1. The predicted molar refractivity (Wildman–Crippen MR) is 92.6 cm³/mol. The fraction of sp³-hybridized carbons (Fsp3) is 0.444. The molecule has 10 heteroatoms. The minimum absolute atomic E-state index is 0.0202. The Bertz CT molecular complexity index is 953. The first kappa shape index (κ1) is 19.8. The largest absolute Gasteiger partial charge is 0.451 e. The normalized spacial score (nSPS) is 15.3. The lowest BCUT2D eigenvalue weighted by molar-refractivity contribution is -0.167. The maximum atomic E-state index is 12.8. The van der Waals surface area contributed by atoms with Crippen molar-refractivity contribution in [2.24, 2.45) is 5.92 Å². The first-order valence-electron chi connectivity index (χ1n) is 8.68. The van der Waals surface area contributed by atoms with Crippen LogP contribution in [0.4, 0.5) is 13.2 Å². The van der Waals surface area contributed by atoms with Crippen LogP contribution in [0.2, 0.25) is 0 Å². The van der Waals surface area contributed by atoms with E-state index in [9.17, 15) is 27.6 Å². The lowest BCUT2D eigenvalue weighted by Crippen LogP contribution is -2.47. The summed E-state index contributed by atoms with van der Waals surface area (Å²) in [5.41, 5.74) is -0.724. The van der Waals surface area contributed by atoms with E-state index in [0.29, 0.717) is 4.90 Å². The number of hydrogen-bond acceptors (Lipinski definition) is 5. The Hall–Kier alpha value is -2.91. The van der Waals surface area contributed by atoms with Gasteiger partial charge in [-0.15, -0.1) is 0 Å². The zero-order valence-electron chi connectivity index (χ0n) is 15.0. The fourth-order valence-electron chi connectivity index (χ4n) is 3.03. The van der Waals surface area contributed by atoms with Crippen LogP contribution >= 0.6 is 0 Å². The van der Waals surface area contributed by atoms with Gasteiger partial charge in [-0.3, -0.25) is 9.59 Å². The van der Waals surface area contributed by atoms with Gasteiger partial charge in [-0.1, -0.05) is 18.2 Å².